The van der Waals surface area contributed by atoms with Crippen LogP contribution in [0.1, 0.15) is 145 Å². The molecule has 0 amide bonds. The van der Waals surface area contributed by atoms with E-state index in [0.29, 0.717) is 47.5 Å². The van der Waals surface area contributed by atoms with Crippen molar-refractivity contribution in [2.45, 2.75) is 194 Å². The Morgan fingerprint density at radius 1 is 0.827 bits per heavy atom. The van der Waals surface area contributed by atoms with E-state index in [1.165, 1.54) is 25.7 Å². The van der Waals surface area contributed by atoms with E-state index in [1.54, 1.807) is 5.57 Å². The first-order valence-corrected chi connectivity index (χ1v) is 24.4. The summed E-state index contributed by atoms with van der Waals surface area (Å²) in [7, 11) is -1.80. The number of rotatable bonds is 7. The second-order valence-electron chi connectivity index (χ2n) is 20.8. The van der Waals surface area contributed by atoms with E-state index in [2.05, 4.69) is 74.6 Å². The largest absolute Gasteiger partial charge is 0.462 e. The first-order valence-electron chi connectivity index (χ1n) is 21.5. The number of carbonyl (C=O) groups is 2. The highest BCUT2D eigenvalue weighted by Gasteiger charge is 2.60. The predicted octanol–water partition coefficient (Wildman–Crippen LogP) is 10.4. The molecule has 4 saturated carbocycles. The molecule has 6 fully saturated rings. The zero-order valence-electron chi connectivity index (χ0n) is 34.3. The summed E-state index contributed by atoms with van der Waals surface area (Å²) in [5.74, 6) is 3.39. The Morgan fingerprint density at radius 3 is 2.27 bits per heavy atom. The van der Waals surface area contributed by atoms with E-state index in [1.807, 2.05) is 0 Å². The van der Waals surface area contributed by atoms with Crippen molar-refractivity contribution in [3.63, 3.8) is 0 Å². The van der Waals surface area contributed by atoms with Gasteiger partial charge in [-0.25, -0.2) is 0 Å². The van der Waals surface area contributed by atoms with Gasteiger partial charge in [-0.3, -0.25) is 9.59 Å². The minimum absolute atomic E-state index is 0.00516. The summed E-state index contributed by atoms with van der Waals surface area (Å²) in [5, 5.41) is 0.230. The van der Waals surface area contributed by atoms with E-state index < -0.39 is 14.6 Å². The number of hydrogen-bond acceptors (Lipinski definition) is 7. The van der Waals surface area contributed by atoms with Gasteiger partial charge in [0, 0.05) is 23.4 Å². The molecule has 15 atom stereocenters. The summed E-state index contributed by atoms with van der Waals surface area (Å²) >= 11 is 0. The number of allylic oxidation sites excluding steroid dienone is 1. The fourth-order valence-corrected chi connectivity index (χ4v) is 14.0. The smallest absolute Gasteiger partial charge is 0.308 e. The van der Waals surface area contributed by atoms with Gasteiger partial charge in [0.05, 0.1) is 18.9 Å². The van der Waals surface area contributed by atoms with Gasteiger partial charge in [-0.15, -0.1) is 0 Å². The molecule has 7 rings (SSSR count). The van der Waals surface area contributed by atoms with Crippen molar-refractivity contribution >= 4 is 20.3 Å². The van der Waals surface area contributed by atoms with Crippen LogP contribution in [0.5, 0.6) is 0 Å². The molecule has 0 N–H and O–H groups in total. The van der Waals surface area contributed by atoms with Crippen LogP contribution in [0.4, 0.5) is 0 Å². The van der Waals surface area contributed by atoms with Crippen molar-refractivity contribution in [3.05, 3.63) is 11.6 Å². The van der Waals surface area contributed by atoms with Crippen LogP contribution in [0.15, 0.2) is 11.6 Å². The van der Waals surface area contributed by atoms with Crippen molar-refractivity contribution < 1.29 is 33.0 Å². The zero-order valence-corrected chi connectivity index (χ0v) is 35.3. The number of fused-ring (bicyclic) bond motifs is 5. The van der Waals surface area contributed by atoms with Crippen LogP contribution in [0.3, 0.4) is 0 Å². The van der Waals surface area contributed by atoms with Gasteiger partial charge in [0.25, 0.3) is 0 Å². The van der Waals surface area contributed by atoms with Crippen molar-refractivity contribution in [1.29, 1.82) is 0 Å². The maximum absolute atomic E-state index is 13.3. The molecule has 7 aliphatic rings. The minimum Gasteiger partial charge on any atom is -0.462 e. The first-order chi connectivity index (χ1) is 24.4. The Morgan fingerprint density at radius 2 is 1.54 bits per heavy atom. The molecule has 2 heterocycles. The number of esters is 2. The summed E-state index contributed by atoms with van der Waals surface area (Å²) in [6.45, 7) is 23.4. The van der Waals surface area contributed by atoms with Crippen LogP contribution in [-0.2, 0) is 33.0 Å². The van der Waals surface area contributed by atoms with Gasteiger partial charge in [-0.2, -0.15) is 0 Å². The standard InChI is InChI=1S/C44H72O7Si/c1-26-11-14-32-28(3)40(50-41-39(32)31(26)15-12-27(2)47-41)49-38(46)20-19-37(45)48-36-18-17-34-33-16-13-29-25-30(51-52(9,10)42(4,5)6)21-23-43(29,7)35(33)22-24-44(34,36)8/h13,26-28,30-36,39-41H,11-12,14-25H2,1-10H3/t26-,27+,28-,30?,31+,32+,33+,34+,35+,36+,39?,40-,41+,43+,44+/m1/s1. The second kappa shape index (κ2) is 14.4. The van der Waals surface area contributed by atoms with Crippen LogP contribution < -0.4 is 0 Å². The third-order valence-electron chi connectivity index (χ3n) is 16.9. The molecular weight excluding hydrogens is 669 g/mol. The topological polar surface area (TPSA) is 80.3 Å². The van der Waals surface area contributed by atoms with Crippen LogP contribution in [0.2, 0.25) is 18.1 Å². The average molecular weight is 741 g/mol. The molecule has 0 aromatic carbocycles. The van der Waals surface area contributed by atoms with E-state index >= 15 is 0 Å². The SMILES string of the molecule is C[C@H]1[C@H](OC(=O)CCC(=O)O[C@H]2CC[C@H]3[C@@H]4CC=C5CC(O[Si](C)(C)C(C)(C)C)CC[C@]5(C)[C@H]4CC[C@]23C)O[C@@H]2O[C@@H](C)CC[C@@H]3C2[C@H]1CC[C@H]3C. The van der Waals surface area contributed by atoms with E-state index in [0.717, 1.165) is 51.4 Å². The molecule has 7 nitrogen and oxygen atoms in total. The summed E-state index contributed by atoms with van der Waals surface area (Å²) in [5.41, 5.74) is 1.90. The van der Waals surface area contributed by atoms with Crippen LogP contribution >= 0.6 is 0 Å². The van der Waals surface area contributed by atoms with Gasteiger partial charge in [-0.1, -0.05) is 66.5 Å². The Kier molecular flexibility index (Phi) is 10.8. The van der Waals surface area contributed by atoms with Gasteiger partial charge in [0.1, 0.15) is 6.10 Å². The van der Waals surface area contributed by atoms with Gasteiger partial charge < -0.3 is 23.4 Å². The van der Waals surface area contributed by atoms with E-state index in [9.17, 15) is 9.59 Å². The number of hydrogen-bond donors (Lipinski definition) is 0. The van der Waals surface area contributed by atoms with Gasteiger partial charge in [-0.05, 0) is 137 Å². The van der Waals surface area contributed by atoms with Crippen LogP contribution in [0.25, 0.3) is 0 Å². The van der Waals surface area contributed by atoms with Gasteiger partial charge in [0.2, 0.25) is 6.29 Å². The highest BCUT2D eigenvalue weighted by molar-refractivity contribution is 6.74. The quantitative estimate of drug-likeness (QED) is 0.146. The van der Waals surface area contributed by atoms with Crippen molar-refractivity contribution in [1.82, 2.24) is 0 Å². The average Bonchev–Trinajstić information content (AvgIpc) is 3.29. The fourth-order valence-electron chi connectivity index (χ4n) is 12.7. The summed E-state index contributed by atoms with van der Waals surface area (Å²) in [6, 6.07) is 0. The van der Waals surface area contributed by atoms with Crippen LogP contribution in [0, 0.1) is 58.2 Å². The Hall–Kier alpha value is -1.22. The number of carbonyl (C=O) groups excluding carboxylic acids is 2. The van der Waals surface area contributed by atoms with Crippen LogP contribution in [-0.4, -0.2) is 51.1 Å². The Labute approximate surface area is 316 Å². The summed E-state index contributed by atoms with van der Waals surface area (Å²) < 4.78 is 32.0. The third-order valence-corrected chi connectivity index (χ3v) is 21.5. The monoisotopic (exact) mass is 741 g/mol. The van der Waals surface area contributed by atoms with Gasteiger partial charge in [0.15, 0.2) is 14.6 Å². The molecule has 0 spiro atoms. The molecule has 0 aromatic rings. The van der Waals surface area contributed by atoms with E-state index in [4.69, 9.17) is 23.4 Å². The molecule has 0 bridgehead atoms. The maximum atomic E-state index is 13.3. The Bertz CT molecular complexity index is 1370. The van der Waals surface area contributed by atoms with Crippen molar-refractivity contribution in [2.75, 3.05) is 0 Å². The normalized spacial score (nSPS) is 46.0. The fraction of sp³-hybridized carbons (Fsp3) is 0.909. The minimum atomic E-state index is -1.80. The molecule has 5 aliphatic carbocycles. The number of ether oxygens (including phenoxy) is 4. The molecule has 0 radical (unpaired) electrons. The van der Waals surface area contributed by atoms with E-state index in [-0.39, 0.29) is 65.1 Å². The predicted molar refractivity (Wildman–Crippen MR) is 205 cm³/mol. The lowest BCUT2D eigenvalue weighted by atomic mass is 9.48. The van der Waals surface area contributed by atoms with Crippen molar-refractivity contribution in [3.8, 4) is 0 Å². The summed E-state index contributed by atoms with van der Waals surface area (Å²) in [6.07, 6.45) is 15.6. The lowest BCUT2D eigenvalue weighted by molar-refractivity contribution is -0.325. The molecule has 0 aromatic heterocycles. The second-order valence-corrected chi connectivity index (χ2v) is 25.6. The van der Waals surface area contributed by atoms with Gasteiger partial charge >= 0.3 is 11.9 Å². The molecule has 2 aliphatic heterocycles. The molecule has 52 heavy (non-hydrogen) atoms. The molecular formula is C44H72O7Si. The maximum Gasteiger partial charge on any atom is 0.308 e. The zero-order chi connectivity index (χ0) is 37.4. The molecule has 294 valence electrons. The lowest BCUT2D eigenvalue weighted by Crippen LogP contribution is -2.54. The molecule has 8 heteroatoms. The summed E-state index contributed by atoms with van der Waals surface area (Å²) in [4.78, 5) is 26.5. The lowest BCUT2D eigenvalue weighted by Gasteiger charge is -2.58. The first kappa shape index (κ1) is 39.0. The third kappa shape index (κ3) is 7.04. The molecule has 2 unspecified atom stereocenters. The Balaban J connectivity index is 0.920. The van der Waals surface area contributed by atoms with Crippen molar-refractivity contribution in [2.24, 2.45) is 58.2 Å². The highest BCUT2D eigenvalue weighted by Crippen LogP contribution is 2.65. The molecule has 2 saturated heterocycles. The highest BCUT2D eigenvalue weighted by atomic mass is 28.4.